The molecule has 1 saturated carbocycles. The molecule has 21 heavy (non-hydrogen) atoms. The molecular weight excluding hydrogens is 282 g/mol. The van der Waals surface area contributed by atoms with E-state index in [0.717, 1.165) is 12.8 Å². The summed E-state index contributed by atoms with van der Waals surface area (Å²) >= 11 is 1.81. The van der Waals surface area contributed by atoms with Crippen LogP contribution < -0.4 is 5.32 Å². The lowest BCUT2D eigenvalue weighted by atomic mass is 9.98. The van der Waals surface area contributed by atoms with Crippen molar-refractivity contribution >= 4 is 17.7 Å². The summed E-state index contributed by atoms with van der Waals surface area (Å²) in [6.07, 6.45) is 2.38. The molecule has 0 saturated heterocycles. The average Bonchev–Trinajstić information content (AvgIpc) is 2.84. The molecule has 1 aromatic carbocycles. The van der Waals surface area contributed by atoms with E-state index in [4.69, 9.17) is 0 Å². The number of carboxylic acids is 1. The summed E-state index contributed by atoms with van der Waals surface area (Å²) in [7, 11) is 0. The second-order valence-electron chi connectivity index (χ2n) is 6.12. The van der Waals surface area contributed by atoms with Crippen LogP contribution in [0.2, 0.25) is 0 Å². The Morgan fingerprint density at radius 2 is 2.10 bits per heavy atom. The zero-order valence-electron chi connectivity index (χ0n) is 13.1. The summed E-state index contributed by atoms with van der Waals surface area (Å²) in [6.45, 7) is 7.05. The lowest BCUT2D eigenvalue weighted by molar-refractivity contribution is -0.144. The number of nitrogens with one attached hydrogen (secondary N) is 1. The molecule has 0 heterocycles. The number of likely N-dealkylation sites (N-methyl/N-ethyl adjacent to an activating group) is 1. The van der Waals surface area contributed by atoms with Gasteiger partial charge in [-0.25, -0.2) is 0 Å². The van der Waals surface area contributed by atoms with Gasteiger partial charge in [-0.05, 0) is 49.4 Å². The van der Waals surface area contributed by atoms with E-state index in [-0.39, 0.29) is 0 Å². The Bertz CT molecular complexity index is 486. The van der Waals surface area contributed by atoms with Crippen molar-refractivity contribution in [3.63, 3.8) is 0 Å². The summed E-state index contributed by atoms with van der Waals surface area (Å²) in [5, 5.41) is 13.1. The molecule has 0 amide bonds. The predicted octanol–water partition coefficient (Wildman–Crippen LogP) is 3.89. The second kappa shape index (κ2) is 6.84. The van der Waals surface area contributed by atoms with Crippen LogP contribution in [-0.4, -0.2) is 28.4 Å². The first kappa shape index (κ1) is 16.4. The van der Waals surface area contributed by atoms with E-state index in [1.165, 1.54) is 10.5 Å². The van der Waals surface area contributed by atoms with Crippen LogP contribution in [0.5, 0.6) is 0 Å². The summed E-state index contributed by atoms with van der Waals surface area (Å²) in [5.74, 6) is -0.161. The average molecular weight is 307 g/mol. The van der Waals surface area contributed by atoms with E-state index in [9.17, 15) is 9.90 Å². The van der Waals surface area contributed by atoms with Crippen molar-refractivity contribution in [1.82, 2.24) is 5.32 Å². The van der Waals surface area contributed by atoms with Gasteiger partial charge >= 0.3 is 5.97 Å². The van der Waals surface area contributed by atoms with Gasteiger partial charge in [0.15, 0.2) is 0 Å². The van der Waals surface area contributed by atoms with E-state index >= 15 is 0 Å². The molecule has 3 nitrogen and oxygen atoms in total. The Morgan fingerprint density at radius 1 is 1.43 bits per heavy atom. The van der Waals surface area contributed by atoms with Crippen LogP contribution >= 0.6 is 11.8 Å². The number of benzene rings is 1. The maximum Gasteiger partial charge on any atom is 0.323 e. The van der Waals surface area contributed by atoms with Crippen LogP contribution in [0.3, 0.4) is 0 Å². The van der Waals surface area contributed by atoms with Gasteiger partial charge in [0.1, 0.15) is 5.54 Å². The highest BCUT2D eigenvalue weighted by molar-refractivity contribution is 8.00. The molecule has 2 atom stereocenters. The summed E-state index contributed by atoms with van der Waals surface area (Å²) < 4.78 is 0. The number of thioether (sulfide) groups is 1. The van der Waals surface area contributed by atoms with Crippen LogP contribution in [0.25, 0.3) is 0 Å². The Hall–Kier alpha value is -1.00. The molecule has 2 unspecified atom stereocenters. The van der Waals surface area contributed by atoms with Crippen LogP contribution in [0.15, 0.2) is 29.2 Å². The minimum Gasteiger partial charge on any atom is -0.480 e. The van der Waals surface area contributed by atoms with Gasteiger partial charge in [-0.2, -0.15) is 0 Å². The quantitative estimate of drug-likeness (QED) is 0.837. The number of carboxylic acid groups (broad SMARTS) is 1. The summed E-state index contributed by atoms with van der Waals surface area (Å²) in [6, 6.07) is 8.68. The molecule has 1 aliphatic rings. The fraction of sp³-hybridized carbons (Fsp3) is 0.588. The lowest BCUT2D eigenvalue weighted by Gasteiger charge is -2.25. The predicted molar refractivity (Wildman–Crippen MR) is 88.1 cm³/mol. The topological polar surface area (TPSA) is 49.3 Å². The molecule has 1 aromatic rings. The van der Waals surface area contributed by atoms with Crippen LogP contribution in [-0.2, 0) is 4.79 Å². The molecule has 0 aromatic heterocycles. The largest absolute Gasteiger partial charge is 0.480 e. The Labute approximate surface area is 131 Å². The van der Waals surface area contributed by atoms with Crippen LogP contribution in [0.1, 0.15) is 51.5 Å². The molecule has 1 fully saturated rings. The zero-order chi connectivity index (χ0) is 15.5. The summed E-state index contributed by atoms with van der Waals surface area (Å²) in [5.41, 5.74) is 0.628. The van der Waals surface area contributed by atoms with E-state index < -0.39 is 11.5 Å². The van der Waals surface area contributed by atoms with Gasteiger partial charge in [-0.15, -0.1) is 11.8 Å². The maximum atomic E-state index is 11.6. The fourth-order valence-electron chi connectivity index (χ4n) is 2.99. The smallest absolute Gasteiger partial charge is 0.323 e. The maximum absolute atomic E-state index is 11.6. The SMILES string of the molecule is CCNC1(C(=O)O)CCC(Sc2ccc(C(C)C)cc2)C1. The first-order chi connectivity index (χ1) is 9.97. The highest BCUT2D eigenvalue weighted by atomic mass is 32.2. The van der Waals surface area contributed by atoms with E-state index in [1.54, 1.807) is 0 Å². The molecule has 2 N–H and O–H groups in total. The van der Waals surface area contributed by atoms with Gasteiger partial charge in [0.05, 0.1) is 0 Å². The number of hydrogen-bond donors (Lipinski definition) is 2. The van der Waals surface area contributed by atoms with Crippen molar-refractivity contribution in [2.75, 3.05) is 6.54 Å². The van der Waals surface area contributed by atoms with Crippen LogP contribution in [0.4, 0.5) is 0 Å². The normalized spacial score (nSPS) is 25.4. The van der Waals surface area contributed by atoms with Gasteiger partial charge < -0.3 is 10.4 Å². The Balaban J connectivity index is 2.00. The third-order valence-corrected chi connectivity index (χ3v) is 5.52. The Morgan fingerprint density at radius 3 is 2.62 bits per heavy atom. The zero-order valence-corrected chi connectivity index (χ0v) is 13.9. The first-order valence-electron chi connectivity index (χ1n) is 7.72. The van der Waals surface area contributed by atoms with Crippen molar-refractivity contribution < 1.29 is 9.90 Å². The highest BCUT2D eigenvalue weighted by Gasteiger charge is 2.45. The first-order valence-corrected chi connectivity index (χ1v) is 8.60. The third-order valence-electron chi connectivity index (χ3n) is 4.24. The molecule has 0 spiro atoms. The number of aliphatic carboxylic acids is 1. The monoisotopic (exact) mass is 307 g/mol. The van der Waals surface area contributed by atoms with Gasteiger partial charge in [-0.1, -0.05) is 32.9 Å². The van der Waals surface area contributed by atoms with E-state index in [0.29, 0.717) is 24.1 Å². The van der Waals surface area contributed by atoms with Crippen molar-refractivity contribution in [1.29, 1.82) is 0 Å². The van der Waals surface area contributed by atoms with Gasteiger partial charge in [0.25, 0.3) is 0 Å². The number of hydrogen-bond acceptors (Lipinski definition) is 3. The molecule has 1 aliphatic carbocycles. The van der Waals surface area contributed by atoms with Crippen molar-refractivity contribution in [2.24, 2.45) is 0 Å². The lowest BCUT2D eigenvalue weighted by Crippen LogP contribution is -2.50. The molecular formula is C17H25NO2S. The number of rotatable bonds is 6. The summed E-state index contributed by atoms with van der Waals surface area (Å²) in [4.78, 5) is 12.8. The number of carbonyl (C=O) groups is 1. The van der Waals surface area contributed by atoms with E-state index in [1.807, 2.05) is 18.7 Å². The van der Waals surface area contributed by atoms with Crippen molar-refractivity contribution in [2.45, 2.75) is 61.6 Å². The van der Waals surface area contributed by atoms with E-state index in [2.05, 4.69) is 43.4 Å². The van der Waals surface area contributed by atoms with Crippen molar-refractivity contribution in [3.8, 4) is 0 Å². The second-order valence-corrected chi connectivity index (χ2v) is 7.50. The molecule has 0 radical (unpaired) electrons. The Kier molecular flexibility index (Phi) is 5.33. The van der Waals surface area contributed by atoms with Gasteiger partial charge in [-0.3, -0.25) is 4.79 Å². The third kappa shape index (κ3) is 3.80. The molecule has 116 valence electrons. The minimum absolute atomic E-state index is 0.380. The minimum atomic E-state index is -0.718. The molecule has 2 rings (SSSR count). The standard InChI is InChI=1S/C17H25NO2S/c1-4-18-17(16(19)20)10-9-15(11-17)21-14-7-5-13(6-8-14)12(2)3/h5-8,12,15,18H,4,9-11H2,1-3H3,(H,19,20). The van der Waals surface area contributed by atoms with Gasteiger partial charge in [0.2, 0.25) is 0 Å². The fourth-order valence-corrected chi connectivity index (χ4v) is 4.27. The molecule has 4 heteroatoms. The van der Waals surface area contributed by atoms with Gasteiger partial charge in [0, 0.05) is 10.1 Å². The highest BCUT2D eigenvalue weighted by Crippen LogP contribution is 2.40. The molecule has 0 bridgehead atoms. The van der Waals surface area contributed by atoms with Crippen LogP contribution in [0, 0.1) is 0 Å². The molecule has 0 aliphatic heterocycles. The van der Waals surface area contributed by atoms with Crippen molar-refractivity contribution in [3.05, 3.63) is 29.8 Å².